The monoisotopic (exact) mass is 320 g/mol. The SMILES string of the molecule is CC(N)c1nc(C(=O)NCCNc2ccc([N+](=O)[O-])cn2)co1. The van der Waals surface area contributed by atoms with E-state index in [0.717, 1.165) is 6.20 Å². The summed E-state index contributed by atoms with van der Waals surface area (Å²) >= 11 is 0. The van der Waals surface area contributed by atoms with Crippen LogP contribution in [0, 0.1) is 10.1 Å². The molecule has 23 heavy (non-hydrogen) atoms. The van der Waals surface area contributed by atoms with Gasteiger partial charge in [0.05, 0.1) is 11.0 Å². The zero-order chi connectivity index (χ0) is 16.8. The van der Waals surface area contributed by atoms with Crippen LogP contribution in [0.4, 0.5) is 11.5 Å². The smallest absolute Gasteiger partial charge is 0.287 e. The summed E-state index contributed by atoms with van der Waals surface area (Å²) in [6, 6.07) is 2.46. The topological polar surface area (TPSA) is 149 Å². The fourth-order valence-corrected chi connectivity index (χ4v) is 1.66. The Bertz CT molecular complexity index is 682. The lowest BCUT2D eigenvalue weighted by Gasteiger charge is -2.06. The number of nitrogens with zero attached hydrogens (tertiary/aromatic N) is 3. The van der Waals surface area contributed by atoms with E-state index in [9.17, 15) is 14.9 Å². The highest BCUT2D eigenvalue weighted by Gasteiger charge is 2.13. The van der Waals surface area contributed by atoms with E-state index in [-0.39, 0.29) is 23.3 Å². The van der Waals surface area contributed by atoms with E-state index in [1.807, 2.05) is 0 Å². The molecular weight excluding hydrogens is 304 g/mol. The molecule has 10 nitrogen and oxygen atoms in total. The summed E-state index contributed by atoms with van der Waals surface area (Å²) in [5.41, 5.74) is 5.67. The minimum absolute atomic E-state index is 0.0835. The number of rotatable bonds is 7. The summed E-state index contributed by atoms with van der Waals surface area (Å²) in [5, 5.41) is 16.1. The fraction of sp³-hybridized carbons (Fsp3) is 0.308. The highest BCUT2D eigenvalue weighted by Crippen LogP contribution is 2.11. The molecule has 0 spiro atoms. The summed E-state index contributed by atoms with van der Waals surface area (Å²) in [4.78, 5) is 29.7. The Balaban J connectivity index is 1.76. The summed E-state index contributed by atoms with van der Waals surface area (Å²) < 4.78 is 5.08. The molecule has 0 fully saturated rings. The molecule has 122 valence electrons. The van der Waals surface area contributed by atoms with Crippen LogP contribution in [0.2, 0.25) is 0 Å². The molecule has 2 heterocycles. The van der Waals surface area contributed by atoms with E-state index < -0.39 is 4.92 Å². The number of hydrogen-bond acceptors (Lipinski definition) is 8. The average molecular weight is 320 g/mol. The maximum absolute atomic E-state index is 11.8. The van der Waals surface area contributed by atoms with Crippen molar-refractivity contribution in [2.24, 2.45) is 5.73 Å². The van der Waals surface area contributed by atoms with Crippen LogP contribution in [0.5, 0.6) is 0 Å². The van der Waals surface area contributed by atoms with E-state index in [2.05, 4.69) is 20.6 Å². The third-order valence-electron chi connectivity index (χ3n) is 2.82. The Hall–Kier alpha value is -3.01. The van der Waals surface area contributed by atoms with E-state index in [4.69, 9.17) is 10.2 Å². The van der Waals surface area contributed by atoms with E-state index in [0.29, 0.717) is 24.8 Å². The second-order valence-corrected chi connectivity index (χ2v) is 4.70. The molecule has 2 rings (SSSR count). The minimum atomic E-state index is -0.522. The van der Waals surface area contributed by atoms with Gasteiger partial charge < -0.3 is 20.8 Å². The van der Waals surface area contributed by atoms with Crippen molar-refractivity contribution in [3.63, 3.8) is 0 Å². The van der Waals surface area contributed by atoms with Crippen molar-refractivity contribution in [2.75, 3.05) is 18.4 Å². The summed E-state index contributed by atoms with van der Waals surface area (Å²) in [6.07, 6.45) is 2.41. The number of carbonyl (C=O) groups excluding carboxylic acids is 1. The number of nitrogens with one attached hydrogen (secondary N) is 2. The van der Waals surface area contributed by atoms with Crippen molar-refractivity contribution >= 4 is 17.4 Å². The van der Waals surface area contributed by atoms with Crippen LogP contribution in [0.25, 0.3) is 0 Å². The molecule has 0 bridgehead atoms. The molecule has 0 saturated carbocycles. The molecular formula is C13H16N6O4. The molecule has 0 aliphatic carbocycles. The van der Waals surface area contributed by atoms with Crippen molar-refractivity contribution in [1.82, 2.24) is 15.3 Å². The lowest BCUT2D eigenvalue weighted by Crippen LogP contribution is -2.29. The van der Waals surface area contributed by atoms with Crippen molar-refractivity contribution < 1.29 is 14.1 Å². The molecule has 0 aliphatic heterocycles. The molecule has 1 amide bonds. The first-order chi connectivity index (χ1) is 11.0. The number of oxazole rings is 1. The van der Waals surface area contributed by atoms with Gasteiger partial charge in [0.25, 0.3) is 11.6 Å². The maximum Gasteiger partial charge on any atom is 0.287 e. The average Bonchev–Trinajstić information content (AvgIpc) is 3.02. The van der Waals surface area contributed by atoms with E-state index >= 15 is 0 Å². The molecule has 0 radical (unpaired) electrons. The normalized spacial score (nSPS) is 11.7. The van der Waals surface area contributed by atoms with E-state index in [1.54, 1.807) is 6.92 Å². The summed E-state index contributed by atoms with van der Waals surface area (Å²) in [6.45, 7) is 2.42. The van der Waals surface area contributed by atoms with Crippen LogP contribution in [-0.4, -0.2) is 33.9 Å². The molecule has 1 atom stereocenters. The molecule has 10 heteroatoms. The van der Waals surface area contributed by atoms with Crippen LogP contribution in [-0.2, 0) is 0 Å². The van der Waals surface area contributed by atoms with Crippen LogP contribution >= 0.6 is 0 Å². The summed E-state index contributed by atoms with van der Waals surface area (Å²) in [5.74, 6) is 0.396. The van der Waals surface area contributed by atoms with Gasteiger partial charge in [0.2, 0.25) is 5.89 Å². The zero-order valence-electron chi connectivity index (χ0n) is 12.4. The molecule has 1 unspecified atom stereocenters. The number of hydrogen-bond donors (Lipinski definition) is 3. The number of carbonyl (C=O) groups is 1. The largest absolute Gasteiger partial charge is 0.446 e. The minimum Gasteiger partial charge on any atom is -0.446 e. The van der Waals surface area contributed by atoms with Gasteiger partial charge in [-0.2, -0.15) is 0 Å². The number of nitro groups is 1. The fourth-order valence-electron chi connectivity index (χ4n) is 1.66. The van der Waals surface area contributed by atoms with Gasteiger partial charge in [0.1, 0.15) is 18.3 Å². The van der Waals surface area contributed by atoms with E-state index in [1.165, 1.54) is 18.4 Å². The van der Waals surface area contributed by atoms with Crippen LogP contribution in [0.3, 0.4) is 0 Å². The number of anilines is 1. The molecule has 4 N–H and O–H groups in total. The Morgan fingerprint density at radius 3 is 2.83 bits per heavy atom. The van der Waals surface area contributed by atoms with Gasteiger partial charge in [-0.05, 0) is 13.0 Å². The standard InChI is InChI=1S/C13H16N6O4/c1-8(14)13-18-10(7-23-13)12(20)16-5-4-15-11-3-2-9(6-17-11)19(21)22/h2-3,6-8H,4-5,14H2,1H3,(H,15,17)(H,16,20). The first-order valence-corrected chi connectivity index (χ1v) is 6.81. The highest BCUT2D eigenvalue weighted by atomic mass is 16.6. The maximum atomic E-state index is 11.8. The predicted octanol–water partition coefficient (Wildman–Crippen LogP) is 0.839. The molecule has 2 aromatic heterocycles. The number of amides is 1. The first kappa shape index (κ1) is 16.4. The lowest BCUT2D eigenvalue weighted by molar-refractivity contribution is -0.385. The van der Waals surface area contributed by atoms with Crippen molar-refractivity contribution in [1.29, 1.82) is 0 Å². The van der Waals surface area contributed by atoms with Crippen molar-refractivity contribution in [2.45, 2.75) is 13.0 Å². The number of aromatic nitrogens is 2. The van der Waals surface area contributed by atoms with Gasteiger partial charge in [0.15, 0.2) is 5.69 Å². The molecule has 2 aromatic rings. The lowest BCUT2D eigenvalue weighted by atomic mass is 10.4. The van der Waals surface area contributed by atoms with Gasteiger partial charge in [-0.25, -0.2) is 9.97 Å². The second kappa shape index (κ2) is 7.31. The van der Waals surface area contributed by atoms with Crippen LogP contribution in [0.15, 0.2) is 29.0 Å². The predicted molar refractivity (Wildman–Crippen MR) is 80.8 cm³/mol. The zero-order valence-corrected chi connectivity index (χ0v) is 12.4. The summed E-state index contributed by atoms with van der Waals surface area (Å²) in [7, 11) is 0. The quantitative estimate of drug-likeness (QED) is 0.386. The third kappa shape index (κ3) is 4.48. The van der Waals surface area contributed by atoms with Crippen LogP contribution < -0.4 is 16.4 Å². The van der Waals surface area contributed by atoms with Crippen LogP contribution in [0.1, 0.15) is 29.3 Å². The Morgan fingerprint density at radius 1 is 1.48 bits per heavy atom. The Morgan fingerprint density at radius 2 is 2.26 bits per heavy atom. The number of pyridine rings is 1. The first-order valence-electron chi connectivity index (χ1n) is 6.81. The second-order valence-electron chi connectivity index (χ2n) is 4.70. The molecule has 0 saturated heterocycles. The molecule has 0 aromatic carbocycles. The van der Waals surface area contributed by atoms with Gasteiger partial charge in [-0.15, -0.1) is 0 Å². The third-order valence-corrected chi connectivity index (χ3v) is 2.82. The molecule has 0 aliphatic rings. The highest BCUT2D eigenvalue weighted by molar-refractivity contribution is 5.91. The Kier molecular flexibility index (Phi) is 5.20. The Labute approximate surface area is 131 Å². The van der Waals surface area contributed by atoms with Crippen molar-refractivity contribution in [3.8, 4) is 0 Å². The van der Waals surface area contributed by atoms with Crippen molar-refractivity contribution in [3.05, 3.63) is 46.3 Å². The van der Waals surface area contributed by atoms with Gasteiger partial charge in [0, 0.05) is 19.2 Å². The van der Waals surface area contributed by atoms with Gasteiger partial charge in [-0.3, -0.25) is 14.9 Å². The van der Waals surface area contributed by atoms with Gasteiger partial charge in [-0.1, -0.05) is 0 Å². The number of nitrogens with two attached hydrogens (primary N) is 1. The van der Waals surface area contributed by atoms with Gasteiger partial charge >= 0.3 is 0 Å².